The van der Waals surface area contributed by atoms with E-state index in [0.717, 1.165) is 0 Å². The summed E-state index contributed by atoms with van der Waals surface area (Å²) in [6, 6.07) is 0. The highest BCUT2D eigenvalue weighted by Gasteiger charge is 2.44. The molecule has 0 saturated carbocycles. The molecule has 3 nitrogen and oxygen atoms in total. The van der Waals surface area contributed by atoms with Crippen LogP contribution in [0.5, 0.6) is 5.75 Å². The Bertz CT molecular complexity index is 620. The summed E-state index contributed by atoms with van der Waals surface area (Å²) in [4.78, 5) is -1.78. The van der Waals surface area contributed by atoms with Gasteiger partial charge in [-0.05, 0) is 0 Å². The molecule has 0 atom stereocenters. The number of sulfone groups is 1. The zero-order chi connectivity index (χ0) is 15.2. The normalized spacial score (nSPS) is 12.6. The van der Waals surface area contributed by atoms with E-state index in [-0.39, 0.29) is 6.26 Å². The van der Waals surface area contributed by atoms with Crippen molar-refractivity contribution in [3.05, 3.63) is 23.0 Å². The molecule has 0 radical (unpaired) electrons. The largest absolute Gasteiger partial charge is 0.492 e. The standard InChI is InChI=1S/C9H6F6O3S/c1-18-7-6(12)5(11)4(10)3(9(13,14)15)8(7)19(2,16)17/h1-2H3. The topological polar surface area (TPSA) is 43.4 Å². The van der Waals surface area contributed by atoms with Gasteiger partial charge in [0.25, 0.3) is 0 Å². The Morgan fingerprint density at radius 2 is 1.47 bits per heavy atom. The third kappa shape index (κ3) is 2.62. The summed E-state index contributed by atoms with van der Waals surface area (Å²) in [7, 11) is -4.08. The Morgan fingerprint density at radius 3 is 1.79 bits per heavy atom. The number of alkyl halides is 3. The molecule has 0 aliphatic rings. The predicted octanol–water partition coefficient (Wildman–Crippen LogP) is 2.53. The molecule has 0 N–H and O–H groups in total. The third-order valence-electron chi connectivity index (χ3n) is 2.10. The van der Waals surface area contributed by atoms with E-state index in [4.69, 9.17) is 0 Å². The van der Waals surface area contributed by atoms with Crippen LogP contribution in [0, 0.1) is 17.5 Å². The van der Waals surface area contributed by atoms with Crippen LogP contribution in [0.15, 0.2) is 4.90 Å². The first-order valence-corrected chi connectivity index (χ1v) is 6.33. The van der Waals surface area contributed by atoms with Crippen molar-refractivity contribution in [3.63, 3.8) is 0 Å². The van der Waals surface area contributed by atoms with Gasteiger partial charge in [0, 0.05) is 6.26 Å². The van der Waals surface area contributed by atoms with Gasteiger partial charge in [-0.25, -0.2) is 17.2 Å². The van der Waals surface area contributed by atoms with Crippen LogP contribution >= 0.6 is 0 Å². The molecular weight excluding hydrogens is 302 g/mol. The molecule has 0 bridgehead atoms. The molecule has 0 aromatic heterocycles. The second kappa shape index (κ2) is 4.58. The van der Waals surface area contributed by atoms with Crippen molar-refractivity contribution >= 4 is 9.84 Å². The van der Waals surface area contributed by atoms with Gasteiger partial charge in [0.2, 0.25) is 5.82 Å². The second-order valence-corrected chi connectivity index (χ2v) is 5.40. The van der Waals surface area contributed by atoms with Gasteiger partial charge in [-0.3, -0.25) is 0 Å². The average molecular weight is 308 g/mol. The summed E-state index contributed by atoms with van der Waals surface area (Å²) < 4.78 is 104. The van der Waals surface area contributed by atoms with E-state index in [0.29, 0.717) is 7.11 Å². The van der Waals surface area contributed by atoms with Crippen LogP contribution < -0.4 is 4.74 Å². The summed E-state index contributed by atoms with van der Waals surface area (Å²) in [5.41, 5.74) is -2.43. The fourth-order valence-electron chi connectivity index (χ4n) is 1.41. The van der Waals surface area contributed by atoms with Crippen molar-refractivity contribution in [3.8, 4) is 5.75 Å². The van der Waals surface area contributed by atoms with Gasteiger partial charge in [0.1, 0.15) is 10.5 Å². The lowest BCUT2D eigenvalue weighted by molar-refractivity contribution is -0.143. The van der Waals surface area contributed by atoms with Gasteiger partial charge < -0.3 is 4.74 Å². The van der Waals surface area contributed by atoms with E-state index in [9.17, 15) is 34.8 Å². The van der Waals surface area contributed by atoms with Crippen molar-refractivity contribution in [2.45, 2.75) is 11.1 Å². The van der Waals surface area contributed by atoms with Crippen molar-refractivity contribution in [2.24, 2.45) is 0 Å². The van der Waals surface area contributed by atoms with Gasteiger partial charge in [-0.1, -0.05) is 0 Å². The molecular formula is C9H6F6O3S. The molecule has 0 spiro atoms. The molecule has 0 fully saturated rings. The molecule has 0 unspecified atom stereocenters. The number of methoxy groups -OCH3 is 1. The van der Waals surface area contributed by atoms with Crippen LogP contribution in [0.4, 0.5) is 26.3 Å². The lowest BCUT2D eigenvalue weighted by atomic mass is 10.1. The molecule has 1 aromatic carbocycles. The first-order chi connectivity index (χ1) is 8.42. The van der Waals surface area contributed by atoms with Gasteiger partial charge in [0.05, 0.1) is 7.11 Å². The van der Waals surface area contributed by atoms with Crippen LogP contribution in [0.25, 0.3) is 0 Å². The van der Waals surface area contributed by atoms with Crippen LogP contribution in [-0.4, -0.2) is 21.8 Å². The SMILES string of the molecule is COc1c(F)c(F)c(F)c(C(F)(F)F)c1S(C)(=O)=O. The van der Waals surface area contributed by atoms with Crippen molar-refractivity contribution in [1.29, 1.82) is 0 Å². The number of hydrogen-bond donors (Lipinski definition) is 0. The first kappa shape index (κ1) is 15.6. The number of rotatable bonds is 2. The Morgan fingerprint density at radius 1 is 1.00 bits per heavy atom. The monoisotopic (exact) mass is 308 g/mol. The molecule has 108 valence electrons. The highest BCUT2D eigenvalue weighted by molar-refractivity contribution is 7.90. The number of halogens is 6. The summed E-state index contributed by atoms with van der Waals surface area (Å²) in [6.07, 6.45) is -5.25. The van der Waals surface area contributed by atoms with E-state index in [1.807, 2.05) is 0 Å². The smallest absolute Gasteiger partial charge is 0.420 e. The van der Waals surface area contributed by atoms with Crippen LogP contribution in [0.2, 0.25) is 0 Å². The maximum Gasteiger partial charge on any atom is 0.420 e. The summed E-state index contributed by atoms with van der Waals surface area (Å²) >= 11 is 0. The minimum Gasteiger partial charge on any atom is -0.492 e. The molecule has 0 saturated heterocycles. The molecule has 10 heteroatoms. The van der Waals surface area contributed by atoms with E-state index in [2.05, 4.69) is 4.74 Å². The quantitative estimate of drug-likeness (QED) is 0.479. The lowest BCUT2D eigenvalue weighted by Gasteiger charge is -2.17. The van der Waals surface area contributed by atoms with Gasteiger partial charge in [0.15, 0.2) is 27.2 Å². The third-order valence-corrected chi connectivity index (χ3v) is 3.23. The van der Waals surface area contributed by atoms with Crippen molar-refractivity contribution < 1.29 is 39.5 Å². The minimum atomic E-state index is -5.54. The second-order valence-electron chi connectivity index (χ2n) is 3.45. The summed E-state index contributed by atoms with van der Waals surface area (Å²) in [5, 5.41) is 0. The molecule has 0 amide bonds. The highest BCUT2D eigenvalue weighted by atomic mass is 32.2. The highest BCUT2D eigenvalue weighted by Crippen LogP contribution is 2.43. The molecule has 0 aliphatic heterocycles. The van der Waals surface area contributed by atoms with Crippen molar-refractivity contribution in [2.75, 3.05) is 13.4 Å². The Labute approximate surface area is 103 Å². The van der Waals surface area contributed by atoms with Gasteiger partial charge >= 0.3 is 6.18 Å². The minimum absolute atomic E-state index is 0.289. The lowest BCUT2D eigenvalue weighted by Crippen LogP contribution is -2.19. The Kier molecular flexibility index (Phi) is 3.76. The van der Waals surface area contributed by atoms with E-state index in [1.165, 1.54) is 0 Å². The molecule has 0 heterocycles. The zero-order valence-corrected chi connectivity index (χ0v) is 10.2. The number of benzene rings is 1. The number of hydrogen-bond acceptors (Lipinski definition) is 3. The molecule has 19 heavy (non-hydrogen) atoms. The average Bonchev–Trinajstić information content (AvgIpc) is 2.22. The van der Waals surface area contributed by atoms with Crippen LogP contribution in [0.1, 0.15) is 5.56 Å². The fourth-order valence-corrected chi connectivity index (χ4v) is 2.49. The van der Waals surface area contributed by atoms with Crippen molar-refractivity contribution in [1.82, 2.24) is 0 Å². The van der Waals surface area contributed by atoms with E-state index in [1.54, 1.807) is 0 Å². The molecule has 1 rings (SSSR count). The van der Waals surface area contributed by atoms with E-state index < -0.39 is 49.7 Å². The molecule has 1 aromatic rings. The Hall–Kier alpha value is -1.45. The maximum absolute atomic E-state index is 13.3. The summed E-state index contributed by atoms with van der Waals surface area (Å²) in [5.74, 6) is -8.76. The fraction of sp³-hybridized carbons (Fsp3) is 0.333. The van der Waals surface area contributed by atoms with E-state index >= 15 is 0 Å². The maximum atomic E-state index is 13.3. The van der Waals surface area contributed by atoms with Crippen LogP contribution in [-0.2, 0) is 16.0 Å². The molecule has 0 aliphatic carbocycles. The number of ether oxygens (including phenoxy) is 1. The van der Waals surface area contributed by atoms with Gasteiger partial charge in [-0.2, -0.15) is 17.6 Å². The Balaban J connectivity index is 4.06. The first-order valence-electron chi connectivity index (χ1n) is 4.44. The summed E-state index contributed by atoms with van der Waals surface area (Å²) in [6.45, 7) is 0. The predicted molar refractivity (Wildman–Crippen MR) is 51.0 cm³/mol. The van der Waals surface area contributed by atoms with Gasteiger partial charge in [-0.15, -0.1) is 0 Å². The zero-order valence-electron chi connectivity index (χ0n) is 9.40. The van der Waals surface area contributed by atoms with Crippen LogP contribution in [0.3, 0.4) is 0 Å².